The van der Waals surface area contributed by atoms with Crippen LogP contribution in [0.3, 0.4) is 0 Å². The fourth-order valence-electron chi connectivity index (χ4n) is 2.46. The number of hydrogen-bond acceptors (Lipinski definition) is 2. The van der Waals surface area contributed by atoms with Crippen molar-refractivity contribution in [1.82, 2.24) is 9.88 Å². The maximum Gasteiger partial charge on any atom is 0.253 e. The minimum absolute atomic E-state index is 0.170. The molecule has 4 heteroatoms. The van der Waals surface area contributed by atoms with Gasteiger partial charge in [-0.25, -0.2) is 0 Å². The molecule has 1 unspecified atom stereocenters. The lowest BCUT2D eigenvalue weighted by Gasteiger charge is -2.14. The van der Waals surface area contributed by atoms with Crippen LogP contribution in [0.1, 0.15) is 22.0 Å². The molecule has 1 atom stereocenters. The highest BCUT2D eigenvalue weighted by atomic mass is 16.3. The molecule has 4 nitrogen and oxygen atoms in total. The van der Waals surface area contributed by atoms with Crippen LogP contribution in [-0.2, 0) is 0 Å². The summed E-state index contributed by atoms with van der Waals surface area (Å²) in [5.41, 5.74) is 2.17. The van der Waals surface area contributed by atoms with Gasteiger partial charge in [-0.1, -0.05) is 42.5 Å². The highest BCUT2D eigenvalue weighted by molar-refractivity contribution is 5.97. The average Bonchev–Trinajstić information content (AvgIpc) is 3.14. The van der Waals surface area contributed by atoms with Crippen molar-refractivity contribution in [2.75, 3.05) is 6.54 Å². The number of amides is 1. The van der Waals surface area contributed by atoms with Crippen molar-refractivity contribution in [2.24, 2.45) is 0 Å². The number of aromatic nitrogens is 1. The van der Waals surface area contributed by atoms with Crippen LogP contribution >= 0.6 is 0 Å². The maximum absolute atomic E-state index is 12.5. The average molecular weight is 306 g/mol. The van der Waals surface area contributed by atoms with Gasteiger partial charge in [0.15, 0.2) is 0 Å². The molecule has 1 amide bonds. The SMILES string of the molecule is O=C(NCC(O)c1ccccc1)c1ccccc1-n1cccc1. The third kappa shape index (κ3) is 3.49. The second-order valence-corrected chi connectivity index (χ2v) is 5.24. The van der Waals surface area contributed by atoms with Gasteiger partial charge in [-0.2, -0.15) is 0 Å². The van der Waals surface area contributed by atoms with Gasteiger partial charge in [0.05, 0.1) is 17.4 Å². The van der Waals surface area contributed by atoms with E-state index in [-0.39, 0.29) is 12.5 Å². The Bertz CT molecular complexity index is 767. The van der Waals surface area contributed by atoms with Crippen LogP contribution in [0.4, 0.5) is 0 Å². The number of aliphatic hydroxyl groups is 1. The second-order valence-electron chi connectivity index (χ2n) is 5.24. The van der Waals surface area contributed by atoms with E-state index in [1.165, 1.54) is 0 Å². The predicted molar refractivity (Wildman–Crippen MR) is 89.5 cm³/mol. The van der Waals surface area contributed by atoms with Crippen molar-refractivity contribution in [3.8, 4) is 5.69 Å². The van der Waals surface area contributed by atoms with Crippen LogP contribution in [-0.4, -0.2) is 22.1 Å². The summed E-state index contributed by atoms with van der Waals surface area (Å²) < 4.78 is 1.89. The summed E-state index contributed by atoms with van der Waals surface area (Å²) in [7, 11) is 0. The first-order chi connectivity index (χ1) is 11.3. The summed E-state index contributed by atoms with van der Waals surface area (Å²) in [5, 5.41) is 12.9. The number of carbonyl (C=O) groups is 1. The molecule has 0 spiro atoms. The lowest BCUT2D eigenvalue weighted by atomic mass is 10.1. The molecule has 0 bridgehead atoms. The first kappa shape index (κ1) is 15.1. The monoisotopic (exact) mass is 306 g/mol. The lowest BCUT2D eigenvalue weighted by Crippen LogP contribution is -2.29. The van der Waals surface area contributed by atoms with Crippen LogP contribution in [0.25, 0.3) is 5.69 Å². The highest BCUT2D eigenvalue weighted by Crippen LogP contribution is 2.15. The lowest BCUT2D eigenvalue weighted by molar-refractivity contribution is 0.0916. The van der Waals surface area contributed by atoms with Crippen LogP contribution in [0.2, 0.25) is 0 Å². The molecule has 3 rings (SSSR count). The molecule has 0 saturated heterocycles. The Labute approximate surface area is 135 Å². The van der Waals surface area contributed by atoms with Crippen molar-refractivity contribution in [2.45, 2.75) is 6.10 Å². The third-order valence-electron chi connectivity index (χ3n) is 3.67. The van der Waals surface area contributed by atoms with Crippen molar-refractivity contribution in [3.63, 3.8) is 0 Å². The highest BCUT2D eigenvalue weighted by Gasteiger charge is 2.14. The van der Waals surface area contributed by atoms with Crippen molar-refractivity contribution >= 4 is 5.91 Å². The molecule has 0 fully saturated rings. The molecular weight excluding hydrogens is 288 g/mol. The van der Waals surface area contributed by atoms with E-state index in [1.807, 2.05) is 77.6 Å². The molecule has 1 aromatic heterocycles. The van der Waals surface area contributed by atoms with E-state index < -0.39 is 6.10 Å². The van der Waals surface area contributed by atoms with Gasteiger partial charge >= 0.3 is 0 Å². The number of benzene rings is 2. The van der Waals surface area contributed by atoms with Gasteiger partial charge in [0.25, 0.3) is 5.91 Å². The summed E-state index contributed by atoms with van der Waals surface area (Å²) in [4.78, 5) is 12.5. The quantitative estimate of drug-likeness (QED) is 0.761. The number of nitrogens with zero attached hydrogens (tertiary/aromatic N) is 1. The molecule has 23 heavy (non-hydrogen) atoms. The number of hydrogen-bond donors (Lipinski definition) is 2. The molecule has 0 aliphatic heterocycles. The Balaban J connectivity index is 1.72. The summed E-state index contributed by atoms with van der Waals surface area (Å²) in [6.07, 6.45) is 3.06. The molecule has 0 aliphatic rings. The number of aliphatic hydroxyl groups excluding tert-OH is 1. The summed E-state index contributed by atoms with van der Waals surface area (Å²) in [6, 6.07) is 20.5. The predicted octanol–water partition coefficient (Wildman–Crippen LogP) is 2.94. The second kappa shape index (κ2) is 6.94. The Kier molecular flexibility index (Phi) is 4.54. The van der Waals surface area contributed by atoms with Crippen LogP contribution in [0.15, 0.2) is 79.1 Å². The maximum atomic E-state index is 12.5. The number of rotatable bonds is 5. The molecule has 0 radical (unpaired) electrons. The van der Waals surface area contributed by atoms with Crippen molar-refractivity contribution < 1.29 is 9.90 Å². The Morgan fingerprint density at radius 2 is 1.61 bits per heavy atom. The van der Waals surface area contributed by atoms with E-state index in [4.69, 9.17) is 0 Å². The van der Waals surface area contributed by atoms with Crippen LogP contribution < -0.4 is 5.32 Å². The number of para-hydroxylation sites is 1. The van der Waals surface area contributed by atoms with Crippen LogP contribution in [0.5, 0.6) is 0 Å². The normalized spacial score (nSPS) is 11.9. The van der Waals surface area contributed by atoms with Gasteiger partial charge < -0.3 is 15.0 Å². The molecule has 0 saturated carbocycles. The smallest absolute Gasteiger partial charge is 0.253 e. The fraction of sp³-hybridized carbons (Fsp3) is 0.105. The van der Waals surface area contributed by atoms with Gasteiger partial charge in [-0.3, -0.25) is 4.79 Å². The zero-order valence-corrected chi connectivity index (χ0v) is 12.6. The summed E-state index contributed by atoms with van der Waals surface area (Å²) >= 11 is 0. The van der Waals surface area contributed by atoms with Gasteiger partial charge in [0.1, 0.15) is 0 Å². The summed E-state index contributed by atoms with van der Waals surface area (Å²) in [5.74, 6) is -0.204. The Morgan fingerprint density at radius 3 is 2.35 bits per heavy atom. The van der Waals surface area contributed by atoms with E-state index in [1.54, 1.807) is 6.07 Å². The Hall–Kier alpha value is -2.85. The minimum Gasteiger partial charge on any atom is -0.387 e. The first-order valence-corrected chi connectivity index (χ1v) is 7.49. The van der Waals surface area contributed by atoms with Gasteiger partial charge in [-0.15, -0.1) is 0 Å². The van der Waals surface area contributed by atoms with E-state index in [0.717, 1.165) is 11.3 Å². The van der Waals surface area contributed by atoms with Gasteiger partial charge in [-0.05, 0) is 29.8 Å². The zero-order valence-electron chi connectivity index (χ0n) is 12.6. The molecule has 2 N–H and O–H groups in total. The number of nitrogens with one attached hydrogen (secondary N) is 1. The molecule has 2 aromatic carbocycles. The van der Waals surface area contributed by atoms with E-state index >= 15 is 0 Å². The van der Waals surface area contributed by atoms with Crippen LogP contribution in [0, 0.1) is 0 Å². The molecule has 3 aromatic rings. The largest absolute Gasteiger partial charge is 0.387 e. The minimum atomic E-state index is -0.723. The van der Waals surface area contributed by atoms with Gasteiger partial charge in [0, 0.05) is 18.9 Å². The molecular formula is C19H18N2O2. The molecule has 0 aliphatic carbocycles. The fourth-order valence-corrected chi connectivity index (χ4v) is 2.46. The molecule has 1 heterocycles. The Morgan fingerprint density at radius 1 is 0.957 bits per heavy atom. The topological polar surface area (TPSA) is 54.3 Å². The third-order valence-corrected chi connectivity index (χ3v) is 3.67. The van der Waals surface area contributed by atoms with Crippen molar-refractivity contribution in [3.05, 3.63) is 90.3 Å². The first-order valence-electron chi connectivity index (χ1n) is 7.49. The zero-order chi connectivity index (χ0) is 16.1. The van der Waals surface area contributed by atoms with Gasteiger partial charge in [0.2, 0.25) is 0 Å². The number of carbonyl (C=O) groups excluding carboxylic acids is 1. The molecule has 116 valence electrons. The van der Waals surface area contributed by atoms with Crippen molar-refractivity contribution in [1.29, 1.82) is 0 Å². The standard InChI is InChI=1S/C19H18N2O2/c22-18(15-8-2-1-3-9-15)14-20-19(23)16-10-4-5-11-17(16)21-12-6-7-13-21/h1-13,18,22H,14H2,(H,20,23). The van der Waals surface area contributed by atoms with E-state index in [9.17, 15) is 9.90 Å². The summed E-state index contributed by atoms with van der Waals surface area (Å²) in [6.45, 7) is 0.170. The van der Waals surface area contributed by atoms with E-state index in [2.05, 4.69) is 5.32 Å². The van der Waals surface area contributed by atoms with E-state index in [0.29, 0.717) is 5.56 Å².